The Morgan fingerprint density at radius 1 is 1.32 bits per heavy atom. The lowest BCUT2D eigenvalue weighted by Crippen LogP contribution is -1.93. The number of nitrogens with zero attached hydrogens (tertiary/aromatic N) is 2. The number of aromatic nitrogens is 1. The molecule has 0 radical (unpaired) electrons. The molecule has 0 aliphatic carbocycles. The number of rotatable bonds is 3. The van der Waals surface area contributed by atoms with Crippen LogP contribution in [0.5, 0.6) is 11.6 Å². The number of benzene rings is 1. The third kappa shape index (κ3) is 3.04. The molecule has 0 fully saturated rings. The summed E-state index contributed by atoms with van der Waals surface area (Å²) >= 11 is 6.05. The van der Waals surface area contributed by atoms with Gasteiger partial charge in [-0.25, -0.2) is 4.98 Å². The summed E-state index contributed by atoms with van der Waals surface area (Å²) in [5, 5.41) is 9.14. The number of pyridine rings is 1. The van der Waals surface area contributed by atoms with Crippen molar-refractivity contribution in [3.63, 3.8) is 0 Å². The zero-order chi connectivity index (χ0) is 13.8. The van der Waals surface area contributed by atoms with E-state index in [1.165, 1.54) is 11.8 Å². The van der Waals surface area contributed by atoms with Gasteiger partial charge in [-0.3, -0.25) is 0 Å². The molecule has 0 saturated heterocycles. The third-order valence-electron chi connectivity index (χ3n) is 2.72. The summed E-state index contributed by atoms with van der Waals surface area (Å²) in [4.78, 5) is 4.05. The maximum Gasteiger partial charge on any atom is 0.239 e. The molecule has 0 aliphatic rings. The first-order valence-corrected chi connectivity index (χ1v) is 6.32. The van der Waals surface area contributed by atoms with Crippen molar-refractivity contribution in [2.75, 3.05) is 0 Å². The zero-order valence-electron chi connectivity index (χ0n) is 10.7. The first kappa shape index (κ1) is 13.4. The summed E-state index contributed by atoms with van der Waals surface area (Å²) in [6, 6.07) is 11.3. The molecular formula is C15H13ClN2O. The molecule has 4 heteroatoms. The molecule has 0 atom stereocenters. The lowest BCUT2D eigenvalue weighted by molar-refractivity contribution is 0.462. The molecule has 19 heavy (non-hydrogen) atoms. The highest BCUT2D eigenvalue weighted by Crippen LogP contribution is 2.30. The van der Waals surface area contributed by atoms with Gasteiger partial charge in [0.05, 0.1) is 5.56 Å². The van der Waals surface area contributed by atoms with Gasteiger partial charge in [0, 0.05) is 6.20 Å². The Labute approximate surface area is 117 Å². The molecule has 3 nitrogen and oxygen atoms in total. The van der Waals surface area contributed by atoms with E-state index < -0.39 is 0 Å². The Hall–Kier alpha value is -2.05. The van der Waals surface area contributed by atoms with Gasteiger partial charge in [0.15, 0.2) is 0 Å². The van der Waals surface area contributed by atoms with E-state index in [2.05, 4.69) is 18.8 Å². The van der Waals surface area contributed by atoms with E-state index in [1.807, 2.05) is 30.3 Å². The van der Waals surface area contributed by atoms with Crippen molar-refractivity contribution >= 4 is 11.6 Å². The molecule has 1 aromatic carbocycles. The van der Waals surface area contributed by atoms with E-state index in [9.17, 15) is 0 Å². The Kier molecular flexibility index (Phi) is 4.03. The predicted molar refractivity (Wildman–Crippen MR) is 74.6 cm³/mol. The van der Waals surface area contributed by atoms with Crippen molar-refractivity contribution in [2.45, 2.75) is 19.8 Å². The molecule has 96 valence electrons. The summed E-state index contributed by atoms with van der Waals surface area (Å²) in [6.45, 7) is 4.22. The summed E-state index contributed by atoms with van der Waals surface area (Å²) in [5.74, 6) is 1.33. The number of nitriles is 1. The van der Waals surface area contributed by atoms with Gasteiger partial charge in [0.2, 0.25) is 5.88 Å². The number of halogens is 1. The van der Waals surface area contributed by atoms with Crippen LogP contribution in [-0.2, 0) is 0 Å². The van der Waals surface area contributed by atoms with Crippen LogP contribution < -0.4 is 4.74 Å². The smallest absolute Gasteiger partial charge is 0.239 e. The van der Waals surface area contributed by atoms with E-state index in [0.717, 1.165) is 0 Å². The van der Waals surface area contributed by atoms with Gasteiger partial charge < -0.3 is 4.74 Å². The number of hydrogen-bond acceptors (Lipinski definition) is 3. The molecule has 0 spiro atoms. The van der Waals surface area contributed by atoms with Crippen molar-refractivity contribution < 1.29 is 4.74 Å². The molecule has 0 aliphatic heterocycles. The van der Waals surface area contributed by atoms with Crippen LogP contribution in [0.4, 0.5) is 0 Å². The van der Waals surface area contributed by atoms with Gasteiger partial charge >= 0.3 is 0 Å². The van der Waals surface area contributed by atoms with Crippen LogP contribution in [0.15, 0.2) is 36.5 Å². The van der Waals surface area contributed by atoms with Crippen molar-refractivity contribution in [3.05, 3.63) is 52.7 Å². The third-order valence-corrected chi connectivity index (χ3v) is 3.08. The van der Waals surface area contributed by atoms with Gasteiger partial charge in [-0.1, -0.05) is 37.6 Å². The van der Waals surface area contributed by atoms with Crippen molar-refractivity contribution in [2.24, 2.45) is 0 Å². The largest absolute Gasteiger partial charge is 0.437 e. The van der Waals surface area contributed by atoms with Crippen molar-refractivity contribution in [3.8, 4) is 17.7 Å². The lowest BCUT2D eigenvalue weighted by Gasteiger charge is -2.10. The molecule has 0 unspecified atom stereocenters. The standard InChI is InChI=1S/C15H13ClN2O/c1-10(2)11-4-3-5-13(8-11)19-15-14(16)12(9-17)6-7-18-15/h3-8,10H,1-2H3. The maximum atomic E-state index is 8.91. The second-order valence-electron chi connectivity index (χ2n) is 4.42. The topological polar surface area (TPSA) is 45.9 Å². The van der Waals surface area contributed by atoms with Crippen LogP contribution in [0.3, 0.4) is 0 Å². The monoisotopic (exact) mass is 272 g/mol. The highest BCUT2D eigenvalue weighted by molar-refractivity contribution is 6.33. The molecule has 1 heterocycles. The number of hydrogen-bond donors (Lipinski definition) is 0. The molecule has 0 saturated carbocycles. The average molecular weight is 273 g/mol. The van der Waals surface area contributed by atoms with Gasteiger partial charge in [-0.2, -0.15) is 5.26 Å². The van der Waals surface area contributed by atoms with E-state index >= 15 is 0 Å². The van der Waals surface area contributed by atoms with Crippen LogP contribution in [-0.4, -0.2) is 4.98 Å². The normalized spacial score (nSPS) is 10.3. The summed E-state index contributed by atoms with van der Waals surface area (Å²) in [6.07, 6.45) is 1.51. The van der Waals surface area contributed by atoms with E-state index in [0.29, 0.717) is 17.2 Å². The van der Waals surface area contributed by atoms with Gasteiger partial charge in [-0.15, -0.1) is 0 Å². The van der Waals surface area contributed by atoms with Gasteiger partial charge in [-0.05, 0) is 29.7 Å². The molecule has 1 aromatic heterocycles. The van der Waals surface area contributed by atoms with E-state index in [4.69, 9.17) is 21.6 Å². The minimum atomic E-state index is 0.236. The highest BCUT2D eigenvalue weighted by Gasteiger charge is 2.10. The average Bonchev–Trinajstić information content (AvgIpc) is 2.41. The Bertz CT molecular complexity index is 632. The Morgan fingerprint density at radius 3 is 2.79 bits per heavy atom. The molecular weight excluding hydrogens is 260 g/mol. The van der Waals surface area contributed by atoms with Crippen molar-refractivity contribution in [1.29, 1.82) is 5.26 Å². The van der Waals surface area contributed by atoms with Gasteiger partial charge in [0.25, 0.3) is 0 Å². The van der Waals surface area contributed by atoms with Crippen LogP contribution in [0, 0.1) is 11.3 Å². The van der Waals surface area contributed by atoms with Gasteiger partial charge in [0.1, 0.15) is 16.8 Å². The summed E-state index contributed by atoms with van der Waals surface area (Å²) in [5.41, 5.74) is 1.52. The summed E-state index contributed by atoms with van der Waals surface area (Å²) in [7, 11) is 0. The predicted octanol–water partition coefficient (Wildman–Crippen LogP) is 4.52. The first-order chi connectivity index (χ1) is 9.11. The number of ether oxygens (including phenoxy) is 1. The zero-order valence-corrected chi connectivity index (χ0v) is 11.5. The molecule has 2 aromatic rings. The Balaban J connectivity index is 2.32. The quantitative estimate of drug-likeness (QED) is 0.825. The lowest BCUT2D eigenvalue weighted by atomic mass is 10.0. The van der Waals surface area contributed by atoms with Crippen molar-refractivity contribution in [1.82, 2.24) is 4.98 Å². The second-order valence-corrected chi connectivity index (χ2v) is 4.80. The minimum absolute atomic E-state index is 0.236. The second kappa shape index (κ2) is 5.73. The fraction of sp³-hybridized carbons (Fsp3) is 0.200. The van der Waals surface area contributed by atoms with E-state index in [-0.39, 0.29) is 10.9 Å². The van der Waals surface area contributed by atoms with E-state index in [1.54, 1.807) is 6.07 Å². The first-order valence-electron chi connectivity index (χ1n) is 5.94. The molecule has 0 bridgehead atoms. The van der Waals surface area contributed by atoms with Crippen LogP contribution in [0.25, 0.3) is 0 Å². The highest BCUT2D eigenvalue weighted by atomic mass is 35.5. The fourth-order valence-corrected chi connectivity index (χ4v) is 1.82. The van der Waals surface area contributed by atoms with Crippen LogP contribution >= 0.6 is 11.6 Å². The minimum Gasteiger partial charge on any atom is -0.437 e. The van der Waals surface area contributed by atoms with Crippen LogP contribution in [0.1, 0.15) is 30.9 Å². The molecule has 2 rings (SSSR count). The Morgan fingerprint density at radius 2 is 2.11 bits per heavy atom. The molecule has 0 N–H and O–H groups in total. The fourth-order valence-electron chi connectivity index (χ4n) is 1.63. The summed E-state index contributed by atoms with van der Waals surface area (Å²) < 4.78 is 5.65. The SMILES string of the molecule is CC(C)c1cccc(Oc2nccc(C#N)c2Cl)c1. The van der Waals surface area contributed by atoms with Crippen LogP contribution in [0.2, 0.25) is 5.02 Å². The molecule has 0 amide bonds. The maximum absolute atomic E-state index is 8.91.